The normalized spacial score (nSPS) is 18.8. The lowest BCUT2D eigenvalue weighted by molar-refractivity contribution is -0.189. The maximum atomic E-state index is 5.84. The van der Waals surface area contributed by atoms with Crippen LogP contribution < -0.4 is 9.47 Å². The van der Waals surface area contributed by atoms with E-state index in [9.17, 15) is 0 Å². The van der Waals surface area contributed by atoms with Crippen molar-refractivity contribution in [3.05, 3.63) is 54.6 Å². The van der Waals surface area contributed by atoms with Crippen molar-refractivity contribution in [2.24, 2.45) is 0 Å². The van der Waals surface area contributed by atoms with Crippen molar-refractivity contribution in [2.45, 2.75) is 38.6 Å². The fourth-order valence-electron chi connectivity index (χ4n) is 2.56. The largest absolute Gasteiger partial charge is 0.491 e. The van der Waals surface area contributed by atoms with Crippen molar-refractivity contribution in [1.29, 1.82) is 0 Å². The van der Waals surface area contributed by atoms with Crippen LogP contribution in [0.2, 0.25) is 0 Å². The maximum Gasteiger partial charge on any atom is 0.158 e. The van der Waals surface area contributed by atoms with Gasteiger partial charge < -0.3 is 18.9 Å². The van der Waals surface area contributed by atoms with Crippen LogP contribution in [0.25, 0.3) is 0 Å². The van der Waals surface area contributed by atoms with Gasteiger partial charge in [0.25, 0.3) is 0 Å². The molecule has 0 saturated carbocycles. The Balaban J connectivity index is 1.44. The molecule has 4 heteroatoms. The summed E-state index contributed by atoms with van der Waals surface area (Å²) in [5, 5.41) is 0. The van der Waals surface area contributed by atoms with E-state index in [1.807, 2.05) is 61.5 Å². The Morgan fingerprint density at radius 2 is 1.67 bits per heavy atom. The second-order valence-electron chi connectivity index (χ2n) is 5.94. The third kappa shape index (κ3) is 5.25. The van der Waals surface area contributed by atoms with Crippen LogP contribution in [0.1, 0.15) is 26.2 Å². The summed E-state index contributed by atoms with van der Waals surface area (Å²) in [7, 11) is 0. The molecule has 1 saturated heterocycles. The van der Waals surface area contributed by atoms with Crippen molar-refractivity contribution < 1.29 is 18.9 Å². The highest BCUT2D eigenvalue weighted by molar-refractivity contribution is 5.35. The molecule has 0 N–H and O–H groups in total. The first-order valence-electron chi connectivity index (χ1n) is 8.52. The lowest BCUT2D eigenvalue weighted by atomic mass is 10.2. The fraction of sp³-hybridized carbons (Fsp3) is 0.400. The zero-order valence-corrected chi connectivity index (χ0v) is 14.0. The van der Waals surface area contributed by atoms with E-state index in [1.165, 1.54) is 6.42 Å². The standard InChI is InChI=1S/C20H24O4/c1-16(23-20-9-5-6-14-21-20)15-22-17-10-12-19(13-11-17)24-18-7-3-2-4-8-18/h2-4,7-8,10-13,16,20H,5-6,9,14-15H2,1H3. The third-order valence-corrected chi connectivity index (χ3v) is 3.81. The predicted molar refractivity (Wildman–Crippen MR) is 92.6 cm³/mol. The number of benzene rings is 2. The average Bonchev–Trinajstić information content (AvgIpc) is 2.63. The molecule has 0 amide bonds. The molecule has 3 rings (SSSR count). The van der Waals surface area contributed by atoms with E-state index in [1.54, 1.807) is 0 Å². The number of hydrogen-bond acceptors (Lipinski definition) is 4. The zero-order chi connectivity index (χ0) is 16.6. The molecule has 2 aromatic rings. The van der Waals surface area contributed by atoms with Crippen molar-refractivity contribution in [2.75, 3.05) is 13.2 Å². The van der Waals surface area contributed by atoms with E-state index < -0.39 is 0 Å². The van der Waals surface area contributed by atoms with Crippen LogP contribution in [-0.2, 0) is 9.47 Å². The molecule has 2 unspecified atom stereocenters. The van der Waals surface area contributed by atoms with Crippen LogP contribution in [0.15, 0.2) is 54.6 Å². The van der Waals surface area contributed by atoms with Crippen molar-refractivity contribution in [3.8, 4) is 17.2 Å². The van der Waals surface area contributed by atoms with Gasteiger partial charge in [0.05, 0.1) is 6.10 Å². The topological polar surface area (TPSA) is 36.9 Å². The molecule has 4 nitrogen and oxygen atoms in total. The molecule has 1 aliphatic heterocycles. The smallest absolute Gasteiger partial charge is 0.158 e. The summed E-state index contributed by atoms with van der Waals surface area (Å²) < 4.78 is 23.0. The second-order valence-corrected chi connectivity index (χ2v) is 5.94. The summed E-state index contributed by atoms with van der Waals surface area (Å²) in [4.78, 5) is 0. The Morgan fingerprint density at radius 3 is 2.38 bits per heavy atom. The minimum Gasteiger partial charge on any atom is -0.491 e. The average molecular weight is 328 g/mol. The Labute approximate surface area is 143 Å². The van der Waals surface area contributed by atoms with Crippen LogP contribution in [0, 0.1) is 0 Å². The van der Waals surface area contributed by atoms with Crippen molar-refractivity contribution in [3.63, 3.8) is 0 Å². The quantitative estimate of drug-likeness (QED) is 0.732. The highest BCUT2D eigenvalue weighted by Crippen LogP contribution is 2.24. The van der Waals surface area contributed by atoms with Crippen LogP contribution >= 0.6 is 0 Å². The van der Waals surface area contributed by atoms with Crippen LogP contribution in [0.5, 0.6) is 17.2 Å². The summed E-state index contributed by atoms with van der Waals surface area (Å²) >= 11 is 0. The predicted octanol–water partition coefficient (Wildman–Crippen LogP) is 4.79. The molecule has 1 aliphatic rings. The van der Waals surface area contributed by atoms with Crippen LogP contribution in [0.3, 0.4) is 0 Å². The molecule has 1 heterocycles. The molecular formula is C20H24O4. The Bertz CT molecular complexity index is 591. The first kappa shape index (κ1) is 16.8. The molecule has 0 spiro atoms. The van der Waals surface area contributed by atoms with Gasteiger partial charge in [-0.15, -0.1) is 0 Å². The summed E-state index contributed by atoms with van der Waals surface area (Å²) in [6, 6.07) is 17.3. The molecular weight excluding hydrogens is 304 g/mol. The highest BCUT2D eigenvalue weighted by atomic mass is 16.7. The molecule has 24 heavy (non-hydrogen) atoms. The van der Waals surface area contributed by atoms with Crippen LogP contribution in [-0.4, -0.2) is 25.6 Å². The van der Waals surface area contributed by atoms with Crippen molar-refractivity contribution >= 4 is 0 Å². The minimum atomic E-state index is -0.0843. The van der Waals surface area contributed by atoms with E-state index in [4.69, 9.17) is 18.9 Å². The van der Waals surface area contributed by atoms with Gasteiger partial charge in [-0.05, 0) is 62.6 Å². The number of ether oxygens (including phenoxy) is 4. The van der Waals surface area contributed by atoms with Gasteiger partial charge in [0.2, 0.25) is 0 Å². The zero-order valence-electron chi connectivity index (χ0n) is 14.0. The highest BCUT2D eigenvalue weighted by Gasteiger charge is 2.17. The first-order chi connectivity index (χ1) is 11.8. The van der Waals surface area contributed by atoms with Gasteiger partial charge in [-0.3, -0.25) is 0 Å². The van der Waals surface area contributed by atoms with E-state index in [2.05, 4.69) is 0 Å². The summed E-state index contributed by atoms with van der Waals surface area (Å²) in [6.45, 7) is 3.30. The van der Waals surface area contributed by atoms with E-state index in [-0.39, 0.29) is 12.4 Å². The first-order valence-corrected chi connectivity index (χ1v) is 8.52. The molecule has 128 valence electrons. The lowest BCUT2D eigenvalue weighted by Gasteiger charge is -2.26. The van der Waals surface area contributed by atoms with Gasteiger partial charge in [-0.1, -0.05) is 18.2 Å². The number of para-hydroxylation sites is 1. The van der Waals surface area contributed by atoms with Crippen LogP contribution in [0.4, 0.5) is 0 Å². The maximum absolute atomic E-state index is 5.84. The monoisotopic (exact) mass is 328 g/mol. The summed E-state index contributed by atoms with van der Waals surface area (Å²) in [5.74, 6) is 2.41. The fourth-order valence-corrected chi connectivity index (χ4v) is 2.56. The SMILES string of the molecule is CC(COc1ccc(Oc2ccccc2)cc1)OC1CCCCO1. The van der Waals surface area contributed by atoms with Gasteiger partial charge in [-0.2, -0.15) is 0 Å². The van der Waals surface area contributed by atoms with Gasteiger partial charge in [0, 0.05) is 6.61 Å². The third-order valence-electron chi connectivity index (χ3n) is 3.81. The van der Waals surface area contributed by atoms with Gasteiger partial charge >= 0.3 is 0 Å². The Kier molecular flexibility index (Phi) is 6.10. The van der Waals surface area contributed by atoms with Gasteiger partial charge in [0.15, 0.2) is 6.29 Å². The molecule has 2 atom stereocenters. The Hall–Kier alpha value is -2.04. The van der Waals surface area contributed by atoms with Gasteiger partial charge in [0.1, 0.15) is 23.9 Å². The molecule has 0 bridgehead atoms. The summed E-state index contributed by atoms with van der Waals surface area (Å²) in [6.07, 6.45) is 3.17. The van der Waals surface area contributed by atoms with E-state index in [0.29, 0.717) is 6.61 Å². The number of rotatable bonds is 7. The summed E-state index contributed by atoms with van der Waals surface area (Å²) in [5.41, 5.74) is 0. The van der Waals surface area contributed by atoms with Gasteiger partial charge in [-0.25, -0.2) is 0 Å². The van der Waals surface area contributed by atoms with E-state index in [0.717, 1.165) is 36.7 Å². The molecule has 0 radical (unpaired) electrons. The van der Waals surface area contributed by atoms with E-state index >= 15 is 0 Å². The molecule has 0 aromatic heterocycles. The van der Waals surface area contributed by atoms with Crippen molar-refractivity contribution in [1.82, 2.24) is 0 Å². The molecule has 1 fully saturated rings. The minimum absolute atomic E-state index is 0.00616. The molecule has 2 aromatic carbocycles. The number of hydrogen-bond donors (Lipinski definition) is 0. The Morgan fingerprint density at radius 1 is 0.958 bits per heavy atom. The lowest BCUT2D eigenvalue weighted by Crippen LogP contribution is -2.29. The molecule has 0 aliphatic carbocycles. The second kappa shape index (κ2) is 8.71.